The Morgan fingerprint density at radius 1 is 1.57 bits per heavy atom. The van der Waals surface area contributed by atoms with Crippen molar-refractivity contribution in [2.75, 3.05) is 18.2 Å². The van der Waals surface area contributed by atoms with Crippen LogP contribution < -0.4 is 10.1 Å². The van der Waals surface area contributed by atoms with Gasteiger partial charge < -0.3 is 15.0 Å². The number of carbonyl (C=O) groups is 2. The molecule has 0 bridgehead atoms. The van der Waals surface area contributed by atoms with Gasteiger partial charge in [-0.1, -0.05) is 0 Å². The molecule has 0 radical (unpaired) electrons. The molecule has 0 aromatic carbocycles. The highest BCUT2D eigenvalue weighted by Crippen LogP contribution is 2.47. The summed E-state index contributed by atoms with van der Waals surface area (Å²) in [5, 5.41) is 2.82. The zero-order chi connectivity index (χ0) is 15.0. The summed E-state index contributed by atoms with van der Waals surface area (Å²) in [4.78, 5) is 30.0. The molecule has 1 aromatic rings. The molecule has 21 heavy (non-hydrogen) atoms. The lowest BCUT2D eigenvalue weighted by molar-refractivity contribution is -0.135. The second kappa shape index (κ2) is 5.22. The number of pyridine rings is 1. The van der Waals surface area contributed by atoms with Gasteiger partial charge in [0.1, 0.15) is 6.04 Å². The predicted molar refractivity (Wildman–Crippen MR) is 80.1 cm³/mol. The van der Waals surface area contributed by atoms with Gasteiger partial charge in [-0.15, -0.1) is 11.8 Å². The second-order valence-electron chi connectivity index (χ2n) is 5.34. The van der Waals surface area contributed by atoms with Crippen molar-refractivity contribution in [1.82, 2.24) is 9.88 Å². The van der Waals surface area contributed by atoms with Gasteiger partial charge in [0.05, 0.1) is 23.9 Å². The first-order valence-corrected chi connectivity index (χ1v) is 7.79. The van der Waals surface area contributed by atoms with Crippen LogP contribution in [0.1, 0.15) is 19.8 Å². The molecule has 0 saturated carbocycles. The average molecular weight is 307 g/mol. The third-order valence-electron chi connectivity index (χ3n) is 3.96. The summed E-state index contributed by atoms with van der Waals surface area (Å²) < 4.78 is 4.98. The lowest BCUT2D eigenvalue weighted by Crippen LogP contribution is -2.48. The third-order valence-corrected chi connectivity index (χ3v) is 5.47. The summed E-state index contributed by atoms with van der Waals surface area (Å²) >= 11 is 1.68. The fourth-order valence-electron chi connectivity index (χ4n) is 2.82. The molecule has 2 fully saturated rings. The lowest BCUT2D eigenvalue weighted by atomic mass is 10.2. The maximum absolute atomic E-state index is 12.4. The molecule has 2 saturated heterocycles. The third kappa shape index (κ3) is 2.46. The monoisotopic (exact) mass is 307 g/mol. The number of fused-ring (bicyclic) bond motifs is 1. The van der Waals surface area contributed by atoms with Crippen LogP contribution in [-0.2, 0) is 9.59 Å². The highest BCUT2D eigenvalue weighted by Gasteiger charge is 2.52. The molecule has 7 heteroatoms. The van der Waals surface area contributed by atoms with Crippen molar-refractivity contribution < 1.29 is 14.3 Å². The minimum absolute atomic E-state index is 0.0653. The van der Waals surface area contributed by atoms with E-state index in [0.717, 1.165) is 6.42 Å². The molecule has 2 amide bonds. The Hall–Kier alpha value is -1.76. The Morgan fingerprint density at radius 3 is 3.05 bits per heavy atom. The summed E-state index contributed by atoms with van der Waals surface area (Å²) in [7, 11) is 1.54. The van der Waals surface area contributed by atoms with Crippen molar-refractivity contribution in [3.8, 4) is 5.88 Å². The van der Waals surface area contributed by atoms with E-state index in [1.54, 1.807) is 35.0 Å². The van der Waals surface area contributed by atoms with Crippen LogP contribution in [0.25, 0.3) is 0 Å². The number of thioether (sulfide) groups is 1. The van der Waals surface area contributed by atoms with Crippen LogP contribution in [0.2, 0.25) is 0 Å². The van der Waals surface area contributed by atoms with E-state index in [1.165, 1.54) is 7.11 Å². The highest BCUT2D eigenvalue weighted by molar-refractivity contribution is 8.01. The van der Waals surface area contributed by atoms with Crippen LogP contribution in [-0.4, -0.2) is 45.5 Å². The van der Waals surface area contributed by atoms with E-state index in [9.17, 15) is 9.59 Å². The van der Waals surface area contributed by atoms with Crippen LogP contribution in [0.4, 0.5) is 5.69 Å². The zero-order valence-corrected chi connectivity index (χ0v) is 12.8. The van der Waals surface area contributed by atoms with Gasteiger partial charge in [-0.25, -0.2) is 4.98 Å². The SMILES string of the molecule is COc1ccc(NC(=O)C2CSC3(C)CCC(=O)N23)cn1. The molecule has 6 nitrogen and oxygen atoms in total. The minimum Gasteiger partial charge on any atom is -0.481 e. The number of nitrogens with one attached hydrogen (secondary N) is 1. The van der Waals surface area contributed by atoms with Gasteiger partial charge in [-0.2, -0.15) is 0 Å². The van der Waals surface area contributed by atoms with Gasteiger partial charge in [-0.3, -0.25) is 9.59 Å². The Balaban J connectivity index is 1.72. The zero-order valence-electron chi connectivity index (χ0n) is 12.0. The van der Waals surface area contributed by atoms with Crippen LogP contribution in [0.3, 0.4) is 0 Å². The number of amides is 2. The van der Waals surface area contributed by atoms with Gasteiger partial charge >= 0.3 is 0 Å². The summed E-state index contributed by atoms with van der Waals surface area (Å²) in [5.74, 6) is 1.04. The number of hydrogen-bond donors (Lipinski definition) is 1. The van der Waals surface area contributed by atoms with E-state index in [0.29, 0.717) is 23.7 Å². The van der Waals surface area contributed by atoms with E-state index >= 15 is 0 Å². The Kier molecular flexibility index (Phi) is 3.52. The van der Waals surface area contributed by atoms with Gasteiger partial charge in [0.15, 0.2) is 0 Å². The molecule has 2 atom stereocenters. The van der Waals surface area contributed by atoms with Crippen LogP contribution in [0, 0.1) is 0 Å². The van der Waals surface area contributed by atoms with E-state index in [-0.39, 0.29) is 16.7 Å². The Morgan fingerprint density at radius 2 is 2.38 bits per heavy atom. The quantitative estimate of drug-likeness (QED) is 0.916. The summed E-state index contributed by atoms with van der Waals surface area (Å²) in [6.07, 6.45) is 2.88. The summed E-state index contributed by atoms with van der Waals surface area (Å²) in [5.41, 5.74) is 0.603. The smallest absolute Gasteiger partial charge is 0.248 e. The number of anilines is 1. The first kappa shape index (κ1) is 14.2. The van der Waals surface area contributed by atoms with E-state index in [1.807, 2.05) is 6.92 Å². The number of methoxy groups -OCH3 is 1. The van der Waals surface area contributed by atoms with Crippen molar-refractivity contribution in [3.63, 3.8) is 0 Å². The molecule has 1 N–H and O–H groups in total. The van der Waals surface area contributed by atoms with Crippen molar-refractivity contribution in [1.29, 1.82) is 0 Å². The number of nitrogens with zero attached hydrogens (tertiary/aromatic N) is 2. The number of carbonyl (C=O) groups excluding carboxylic acids is 2. The lowest BCUT2D eigenvalue weighted by Gasteiger charge is -2.29. The maximum Gasteiger partial charge on any atom is 0.248 e. The molecule has 112 valence electrons. The van der Waals surface area contributed by atoms with E-state index in [4.69, 9.17) is 4.74 Å². The van der Waals surface area contributed by atoms with Crippen molar-refractivity contribution in [2.24, 2.45) is 0 Å². The minimum atomic E-state index is -0.405. The Labute approximate surface area is 127 Å². The number of hydrogen-bond acceptors (Lipinski definition) is 5. The summed E-state index contributed by atoms with van der Waals surface area (Å²) in [6.45, 7) is 2.03. The largest absolute Gasteiger partial charge is 0.481 e. The molecule has 3 heterocycles. The maximum atomic E-state index is 12.4. The topological polar surface area (TPSA) is 71.5 Å². The van der Waals surface area contributed by atoms with Crippen LogP contribution >= 0.6 is 11.8 Å². The molecule has 0 aliphatic carbocycles. The van der Waals surface area contributed by atoms with Crippen LogP contribution in [0.15, 0.2) is 18.3 Å². The second-order valence-corrected chi connectivity index (χ2v) is 6.85. The molecule has 2 aliphatic rings. The van der Waals surface area contributed by atoms with Crippen molar-refractivity contribution in [3.05, 3.63) is 18.3 Å². The molecule has 0 spiro atoms. The number of aromatic nitrogens is 1. The normalized spacial score (nSPS) is 27.6. The van der Waals surface area contributed by atoms with Gasteiger partial charge in [0, 0.05) is 18.2 Å². The standard InChI is InChI=1S/C14H17N3O3S/c1-14-6-5-12(18)17(14)10(8-21-14)13(19)16-9-3-4-11(20-2)15-7-9/h3-4,7,10H,5-6,8H2,1-2H3,(H,16,19). The summed E-state index contributed by atoms with van der Waals surface area (Å²) in [6, 6.07) is 3.01. The first-order valence-electron chi connectivity index (χ1n) is 6.80. The number of rotatable bonds is 3. The molecular formula is C14H17N3O3S. The highest BCUT2D eigenvalue weighted by atomic mass is 32.2. The fraction of sp³-hybridized carbons (Fsp3) is 0.500. The average Bonchev–Trinajstić information content (AvgIpc) is 2.97. The van der Waals surface area contributed by atoms with Gasteiger partial charge in [0.2, 0.25) is 17.7 Å². The Bertz CT molecular complexity index is 577. The predicted octanol–water partition coefficient (Wildman–Crippen LogP) is 1.48. The van der Waals surface area contributed by atoms with Gasteiger partial charge in [0.25, 0.3) is 0 Å². The van der Waals surface area contributed by atoms with Crippen LogP contribution in [0.5, 0.6) is 5.88 Å². The molecule has 1 aromatic heterocycles. The van der Waals surface area contributed by atoms with E-state index < -0.39 is 6.04 Å². The van der Waals surface area contributed by atoms with Crippen molar-refractivity contribution >= 4 is 29.3 Å². The number of ether oxygens (including phenoxy) is 1. The molecule has 2 aliphatic heterocycles. The van der Waals surface area contributed by atoms with Gasteiger partial charge in [-0.05, 0) is 19.4 Å². The molecule has 3 rings (SSSR count). The van der Waals surface area contributed by atoms with Crippen molar-refractivity contribution in [2.45, 2.75) is 30.7 Å². The van der Waals surface area contributed by atoms with E-state index in [2.05, 4.69) is 10.3 Å². The molecular weight excluding hydrogens is 290 g/mol. The molecule has 2 unspecified atom stereocenters. The fourth-order valence-corrected chi connectivity index (χ4v) is 4.25. The first-order chi connectivity index (χ1) is 10.0.